The quantitative estimate of drug-likeness (QED) is 0.420. The second kappa shape index (κ2) is 3.34. The van der Waals surface area contributed by atoms with E-state index in [2.05, 4.69) is 9.47 Å². The maximum Gasteiger partial charge on any atom is 0.349 e. The van der Waals surface area contributed by atoms with Crippen LogP contribution in [0.15, 0.2) is 0 Å². The Morgan fingerprint density at radius 1 is 1.18 bits per heavy atom. The van der Waals surface area contributed by atoms with Crippen molar-refractivity contribution in [3.63, 3.8) is 0 Å². The number of carbonyl (C=O) groups is 2. The maximum absolute atomic E-state index is 10.7. The highest BCUT2D eigenvalue weighted by Gasteiger charge is 2.41. The van der Waals surface area contributed by atoms with Gasteiger partial charge in [-0.1, -0.05) is 0 Å². The molecule has 0 aliphatic carbocycles. The van der Waals surface area contributed by atoms with E-state index in [0.29, 0.717) is 0 Å². The summed E-state index contributed by atoms with van der Waals surface area (Å²) < 4.78 is 8.30. The molecule has 0 bridgehead atoms. The van der Waals surface area contributed by atoms with E-state index < -0.39 is 17.5 Å². The fraction of sp³-hybridized carbons (Fsp3) is 0.667. The molecule has 0 amide bonds. The van der Waals surface area contributed by atoms with Gasteiger partial charge in [-0.25, -0.2) is 9.59 Å². The Morgan fingerprint density at radius 3 is 1.64 bits per heavy atom. The van der Waals surface area contributed by atoms with E-state index in [0.717, 1.165) is 21.1 Å². The van der Waals surface area contributed by atoms with Crippen LogP contribution in [0.4, 0.5) is 0 Å². The van der Waals surface area contributed by atoms with Crippen molar-refractivity contribution in [2.45, 2.75) is 12.5 Å². The van der Waals surface area contributed by atoms with Crippen LogP contribution in [-0.4, -0.2) is 36.9 Å². The molecule has 5 nitrogen and oxygen atoms in total. The highest BCUT2D eigenvalue weighted by molar-refractivity contribution is 6.02. The van der Waals surface area contributed by atoms with Crippen LogP contribution >= 0.6 is 0 Å². The van der Waals surface area contributed by atoms with Crippen LogP contribution in [0.2, 0.25) is 0 Å². The predicted octanol–water partition coefficient (Wildman–Crippen LogP) is -0.917. The van der Waals surface area contributed by atoms with Gasteiger partial charge in [-0.3, -0.25) is 0 Å². The molecular formula is C6H10O5. The van der Waals surface area contributed by atoms with E-state index in [1.165, 1.54) is 0 Å². The largest absolute Gasteiger partial charge is 0.466 e. The summed E-state index contributed by atoms with van der Waals surface area (Å²) >= 11 is 0. The first-order chi connectivity index (χ1) is 4.96. The van der Waals surface area contributed by atoms with Gasteiger partial charge in [0.25, 0.3) is 5.60 Å². The van der Waals surface area contributed by atoms with Gasteiger partial charge in [-0.05, 0) is 6.92 Å². The van der Waals surface area contributed by atoms with Crippen LogP contribution in [0.25, 0.3) is 0 Å². The Bertz CT molecular complexity index is 154. The van der Waals surface area contributed by atoms with Crippen molar-refractivity contribution in [3.05, 3.63) is 0 Å². The minimum atomic E-state index is -2.20. The van der Waals surface area contributed by atoms with Gasteiger partial charge in [0.2, 0.25) is 0 Å². The summed E-state index contributed by atoms with van der Waals surface area (Å²) in [7, 11) is 2.14. The molecule has 0 atom stereocenters. The standard InChI is InChI=1S/C6H10O5/c1-6(9,4(7)10-2)5(8)11-3/h9H,1-3H3. The number of methoxy groups -OCH3 is 2. The highest BCUT2D eigenvalue weighted by Crippen LogP contribution is 2.06. The summed E-state index contributed by atoms with van der Waals surface area (Å²) in [4.78, 5) is 21.3. The van der Waals surface area contributed by atoms with E-state index in [1.54, 1.807) is 0 Å². The number of hydrogen-bond donors (Lipinski definition) is 1. The summed E-state index contributed by atoms with van der Waals surface area (Å²) in [6, 6.07) is 0. The first-order valence-corrected chi connectivity index (χ1v) is 2.86. The number of rotatable bonds is 2. The molecule has 0 saturated carbocycles. The van der Waals surface area contributed by atoms with Crippen molar-refractivity contribution in [2.24, 2.45) is 0 Å². The zero-order valence-electron chi connectivity index (χ0n) is 6.58. The molecule has 0 aromatic rings. The number of aliphatic hydroxyl groups is 1. The summed E-state index contributed by atoms with van der Waals surface area (Å²) in [6.45, 7) is 1.00. The molecule has 11 heavy (non-hydrogen) atoms. The Balaban J connectivity index is 4.44. The Hall–Kier alpha value is -1.10. The lowest BCUT2D eigenvalue weighted by atomic mass is 10.1. The second-order valence-corrected chi connectivity index (χ2v) is 2.06. The third-order valence-electron chi connectivity index (χ3n) is 1.17. The molecule has 0 aliphatic rings. The van der Waals surface area contributed by atoms with Crippen molar-refractivity contribution in [1.29, 1.82) is 0 Å². The van der Waals surface area contributed by atoms with Gasteiger partial charge in [0.1, 0.15) is 0 Å². The van der Waals surface area contributed by atoms with Gasteiger partial charge in [-0.15, -0.1) is 0 Å². The molecule has 0 radical (unpaired) electrons. The SMILES string of the molecule is COC(=O)C(C)(O)C(=O)OC. The molecule has 0 aromatic heterocycles. The lowest BCUT2D eigenvalue weighted by molar-refractivity contribution is -0.177. The van der Waals surface area contributed by atoms with Crippen molar-refractivity contribution in [2.75, 3.05) is 14.2 Å². The molecule has 0 aromatic carbocycles. The Kier molecular flexibility index (Phi) is 3.00. The zero-order chi connectivity index (χ0) is 9.07. The van der Waals surface area contributed by atoms with Gasteiger partial charge in [-0.2, -0.15) is 0 Å². The molecular weight excluding hydrogens is 152 g/mol. The third kappa shape index (κ3) is 1.91. The molecule has 64 valence electrons. The van der Waals surface area contributed by atoms with Gasteiger partial charge >= 0.3 is 11.9 Å². The van der Waals surface area contributed by atoms with Crippen molar-refractivity contribution >= 4 is 11.9 Å². The Morgan fingerprint density at radius 2 is 1.45 bits per heavy atom. The molecule has 0 saturated heterocycles. The van der Waals surface area contributed by atoms with Crippen LogP contribution in [0, 0.1) is 0 Å². The first kappa shape index (κ1) is 9.90. The average Bonchev–Trinajstić information content (AvgIpc) is 2.01. The smallest absolute Gasteiger partial charge is 0.349 e. The van der Waals surface area contributed by atoms with Gasteiger partial charge in [0.15, 0.2) is 0 Å². The highest BCUT2D eigenvalue weighted by atomic mass is 16.6. The maximum atomic E-state index is 10.7. The molecule has 0 fully saturated rings. The molecule has 0 spiro atoms. The van der Waals surface area contributed by atoms with Crippen LogP contribution in [0.1, 0.15) is 6.92 Å². The minimum absolute atomic E-state index is 1.00. The van der Waals surface area contributed by atoms with Gasteiger partial charge < -0.3 is 14.6 Å². The third-order valence-corrected chi connectivity index (χ3v) is 1.17. The van der Waals surface area contributed by atoms with Crippen molar-refractivity contribution < 1.29 is 24.2 Å². The number of esters is 2. The molecule has 0 unspecified atom stereocenters. The lowest BCUT2D eigenvalue weighted by Gasteiger charge is -2.16. The lowest BCUT2D eigenvalue weighted by Crippen LogP contribution is -2.45. The molecule has 5 heteroatoms. The number of carbonyl (C=O) groups excluding carboxylic acids is 2. The predicted molar refractivity (Wildman–Crippen MR) is 34.7 cm³/mol. The summed E-state index contributed by atoms with van der Waals surface area (Å²) in [5.41, 5.74) is -2.20. The van der Waals surface area contributed by atoms with Crippen LogP contribution < -0.4 is 0 Å². The normalized spacial score (nSPS) is 10.5. The van der Waals surface area contributed by atoms with E-state index in [1.807, 2.05) is 0 Å². The monoisotopic (exact) mass is 162 g/mol. The molecule has 1 N–H and O–H groups in total. The average molecular weight is 162 g/mol. The van der Waals surface area contributed by atoms with E-state index >= 15 is 0 Å². The minimum Gasteiger partial charge on any atom is -0.466 e. The van der Waals surface area contributed by atoms with E-state index in [9.17, 15) is 9.59 Å². The van der Waals surface area contributed by atoms with Crippen LogP contribution in [0.5, 0.6) is 0 Å². The number of hydrogen-bond acceptors (Lipinski definition) is 5. The van der Waals surface area contributed by atoms with E-state index in [-0.39, 0.29) is 0 Å². The fourth-order valence-electron chi connectivity index (χ4n) is 0.481. The molecule has 0 aliphatic heterocycles. The first-order valence-electron chi connectivity index (χ1n) is 2.86. The molecule has 0 rings (SSSR count). The van der Waals surface area contributed by atoms with Crippen molar-refractivity contribution in [3.8, 4) is 0 Å². The summed E-state index contributed by atoms with van der Waals surface area (Å²) in [5, 5.41) is 9.10. The van der Waals surface area contributed by atoms with Gasteiger partial charge in [0, 0.05) is 0 Å². The Labute approximate surface area is 63.9 Å². The molecule has 0 heterocycles. The fourth-order valence-corrected chi connectivity index (χ4v) is 0.481. The van der Waals surface area contributed by atoms with Crippen LogP contribution in [-0.2, 0) is 19.1 Å². The van der Waals surface area contributed by atoms with E-state index in [4.69, 9.17) is 5.11 Å². The second-order valence-electron chi connectivity index (χ2n) is 2.06. The topological polar surface area (TPSA) is 72.8 Å². The van der Waals surface area contributed by atoms with Gasteiger partial charge in [0.05, 0.1) is 14.2 Å². The summed E-state index contributed by atoms with van der Waals surface area (Å²) in [5.74, 6) is -2.08. The number of ether oxygens (including phenoxy) is 2. The van der Waals surface area contributed by atoms with Crippen molar-refractivity contribution in [1.82, 2.24) is 0 Å². The summed E-state index contributed by atoms with van der Waals surface area (Å²) in [6.07, 6.45) is 0. The zero-order valence-corrected chi connectivity index (χ0v) is 6.58. The van der Waals surface area contributed by atoms with Crippen LogP contribution in [0.3, 0.4) is 0 Å².